The molecule has 1 heterocycles. The summed E-state index contributed by atoms with van der Waals surface area (Å²) in [5.41, 5.74) is 1.13. The maximum Gasteiger partial charge on any atom is 0.416 e. The maximum absolute atomic E-state index is 12.9. The predicted octanol–water partition coefficient (Wildman–Crippen LogP) is 5.79. The van der Waals surface area contributed by atoms with Gasteiger partial charge in [-0.25, -0.2) is 4.98 Å². The third kappa shape index (κ3) is 4.01. The molecule has 124 valence electrons. The van der Waals surface area contributed by atoms with E-state index in [1.54, 1.807) is 18.2 Å². The first-order chi connectivity index (χ1) is 12.0. The lowest BCUT2D eigenvalue weighted by atomic mass is 10.1. The number of hydrogen-bond acceptors (Lipinski definition) is 3. The highest BCUT2D eigenvalue weighted by atomic mass is 32.2. The Bertz CT molecular complexity index is 931. The highest BCUT2D eigenvalue weighted by molar-refractivity contribution is 7.99. The van der Waals surface area contributed by atoms with Crippen molar-refractivity contribution in [2.75, 3.05) is 0 Å². The van der Waals surface area contributed by atoms with Crippen molar-refractivity contribution in [2.24, 2.45) is 0 Å². The van der Waals surface area contributed by atoms with Gasteiger partial charge in [-0.3, -0.25) is 0 Å². The van der Waals surface area contributed by atoms with Crippen LogP contribution >= 0.6 is 11.8 Å². The van der Waals surface area contributed by atoms with Crippen LogP contribution in [0.3, 0.4) is 0 Å². The number of alkyl halides is 3. The second-order valence-electron chi connectivity index (χ2n) is 5.15. The van der Waals surface area contributed by atoms with Crippen molar-refractivity contribution < 1.29 is 13.2 Å². The molecule has 0 aliphatic heterocycles. The summed E-state index contributed by atoms with van der Waals surface area (Å²) < 4.78 is 38.6. The quantitative estimate of drug-likeness (QED) is 0.596. The first-order valence-electron chi connectivity index (χ1n) is 7.29. The van der Waals surface area contributed by atoms with Gasteiger partial charge in [-0.1, -0.05) is 48.2 Å². The van der Waals surface area contributed by atoms with Gasteiger partial charge >= 0.3 is 6.18 Å². The van der Waals surface area contributed by atoms with E-state index >= 15 is 0 Å². The van der Waals surface area contributed by atoms with Gasteiger partial charge in [0, 0.05) is 10.5 Å². The van der Waals surface area contributed by atoms with E-state index in [1.165, 1.54) is 6.07 Å². The molecular formula is C19H11F3N2S. The lowest BCUT2D eigenvalue weighted by Crippen LogP contribution is -2.04. The summed E-state index contributed by atoms with van der Waals surface area (Å²) in [6.07, 6.45) is -4.41. The molecule has 0 fully saturated rings. The average Bonchev–Trinajstić information content (AvgIpc) is 2.62. The average molecular weight is 356 g/mol. The van der Waals surface area contributed by atoms with Gasteiger partial charge in [-0.15, -0.1) is 0 Å². The molecule has 0 aliphatic rings. The van der Waals surface area contributed by atoms with E-state index < -0.39 is 11.7 Å². The largest absolute Gasteiger partial charge is 0.416 e. The summed E-state index contributed by atoms with van der Waals surface area (Å²) in [6, 6.07) is 19.8. The van der Waals surface area contributed by atoms with Crippen LogP contribution in [0.15, 0.2) is 76.7 Å². The molecule has 0 saturated carbocycles. The lowest BCUT2D eigenvalue weighted by molar-refractivity contribution is -0.137. The molecule has 0 radical (unpaired) electrons. The van der Waals surface area contributed by atoms with Gasteiger partial charge in [-0.05, 0) is 30.3 Å². The molecule has 1 aromatic heterocycles. The Kier molecular flexibility index (Phi) is 4.77. The molecule has 0 unspecified atom stereocenters. The third-order valence-corrected chi connectivity index (χ3v) is 4.42. The zero-order chi connectivity index (χ0) is 17.9. The third-order valence-electron chi connectivity index (χ3n) is 3.43. The molecule has 0 atom stereocenters. The molecule has 2 nitrogen and oxygen atoms in total. The van der Waals surface area contributed by atoms with Crippen LogP contribution in [0.25, 0.3) is 11.3 Å². The molecule has 0 aliphatic carbocycles. The highest BCUT2D eigenvalue weighted by Crippen LogP contribution is 2.35. The van der Waals surface area contributed by atoms with Crippen LogP contribution in [0.1, 0.15) is 11.1 Å². The lowest BCUT2D eigenvalue weighted by Gasteiger charge is -2.10. The summed E-state index contributed by atoms with van der Waals surface area (Å²) in [7, 11) is 0. The number of benzene rings is 2. The normalized spacial score (nSPS) is 11.1. The molecule has 25 heavy (non-hydrogen) atoms. The minimum Gasteiger partial charge on any atom is -0.240 e. The minimum atomic E-state index is -4.41. The van der Waals surface area contributed by atoms with Gasteiger partial charge in [0.25, 0.3) is 0 Å². The Morgan fingerprint density at radius 2 is 1.68 bits per heavy atom. The maximum atomic E-state index is 12.9. The van der Waals surface area contributed by atoms with Crippen LogP contribution in [0, 0.1) is 11.3 Å². The van der Waals surface area contributed by atoms with Gasteiger partial charge < -0.3 is 0 Å². The standard InChI is InChI=1S/C19H11F3N2S/c20-19(21,22)15-7-4-8-16(11-15)25-18-14(12-23)9-10-17(24-18)13-5-2-1-3-6-13/h1-11H. The molecule has 3 rings (SSSR count). The van der Waals surface area contributed by atoms with E-state index in [0.29, 0.717) is 21.2 Å². The van der Waals surface area contributed by atoms with Crippen LogP contribution in [0.2, 0.25) is 0 Å². The minimum absolute atomic E-state index is 0.321. The van der Waals surface area contributed by atoms with E-state index in [-0.39, 0.29) is 0 Å². The number of hydrogen-bond donors (Lipinski definition) is 0. The van der Waals surface area contributed by atoms with E-state index in [9.17, 15) is 18.4 Å². The van der Waals surface area contributed by atoms with E-state index in [1.807, 2.05) is 36.4 Å². The first-order valence-corrected chi connectivity index (χ1v) is 8.11. The Morgan fingerprint density at radius 3 is 2.36 bits per heavy atom. The van der Waals surface area contributed by atoms with Crippen molar-refractivity contribution in [3.63, 3.8) is 0 Å². The Morgan fingerprint density at radius 1 is 0.920 bits per heavy atom. The number of pyridine rings is 1. The number of aromatic nitrogens is 1. The SMILES string of the molecule is N#Cc1ccc(-c2ccccc2)nc1Sc1cccc(C(F)(F)F)c1. The summed E-state index contributed by atoms with van der Waals surface area (Å²) in [4.78, 5) is 4.84. The van der Waals surface area contributed by atoms with Crippen molar-refractivity contribution in [2.45, 2.75) is 16.1 Å². The molecular weight excluding hydrogens is 345 g/mol. The molecule has 0 spiro atoms. The van der Waals surface area contributed by atoms with E-state index in [0.717, 1.165) is 29.5 Å². The molecule has 3 aromatic rings. The monoisotopic (exact) mass is 356 g/mol. The summed E-state index contributed by atoms with van der Waals surface area (Å²) in [5, 5.41) is 9.64. The topological polar surface area (TPSA) is 36.7 Å². The van der Waals surface area contributed by atoms with Crippen LogP contribution in [0.4, 0.5) is 13.2 Å². The van der Waals surface area contributed by atoms with Gasteiger partial charge in [0.15, 0.2) is 0 Å². The molecule has 0 saturated heterocycles. The fourth-order valence-electron chi connectivity index (χ4n) is 2.22. The van der Waals surface area contributed by atoms with Crippen molar-refractivity contribution in [3.05, 3.63) is 77.9 Å². The van der Waals surface area contributed by atoms with Crippen LogP contribution in [-0.4, -0.2) is 4.98 Å². The van der Waals surface area contributed by atoms with E-state index in [2.05, 4.69) is 4.98 Å². The predicted molar refractivity (Wildman–Crippen MR) is 90.0 cm³/mol. The summed E-state index contributed by atoms with van der Waals surface area (Å²) in [6.45, 7) is 0. The molecule has 0 amide bonds. The molecule has 0 N–H and O–H groups in total. The fourth-order valence-corrected chi connectivity index (χ4v) is 3.14. The molecule has 0 bridgehead atoms. The Labute approximate surface area is 147 Å². The number of rotatable bonds is 3. The first kappa shape index (κ1) is 17.1. The van der Waals surface area contributed by atoms with Crippen molar-refractivity contribution in [3.8, 4) is 17.3 Å². The zero-order valence-corrected chi connectivity index (χ0v) is 13.6. The molecule has 2 aromatic carbocycles. The highest BCUT2D eigenvalue weighted by Gasteiger charge is 2.30. The Balaban J connectivity index is 1.98. The second kappa shape index (κ2) is 6.99. The van der Waals surface area contributed by atoms with E-state index in [4.69, 9.17) is 0 Å². The van der Waals surface area contributed by atoms with Crippen molar-refractivity contribution in [1.82, 2.24) is 4.98 Å². The number of nitriles is 1. The van der Waals surface area contributed by atoms with Gasteiger partial charge in [0.2, 0.25) is 0 Å². The van der Waals surface area contributed by atoms with Crippen LogP contribution < -0.4 is 0 Å². The van der Waals surface area contributed by atoms with Gasteiger partial charge in [0.05, 0.1) is 16.8 Å². The van der Waals surface area contributed by atoms with Crippen LogP contribution in [0.5, 0.6) is 0 Å². The summed E-state index contributed by atoms with van der Waals surface area (Å²) in [5.74, 6) is 0. The second-order valence-corrected chi connectivity index (χ2v) is 6.22. The van der Waals surface area contributed by atoms with Crippen molar-refractivity contribution in [1.29, 1.82) is 5.26 Å². The fraction of sp³-hybridized carbons (Fsp3) is 0.0526. The zero-order valence-electron chi connectivity index (χ0n) is 12.8. The summed E-state index contributed by atoms with van der Waals surface area (Å²) >= 11 is 1.04. The van der Waals surface area contributed by atoms with Gasteiger partial charge in [-0.2, -0.15) is 18.4 Å². The number of halogens is 3. The van der Waals surface area contributed by atoms with Crippen molar-refractivity contribution >= 4 is 11.8 Å². The smallest absolute Gasteiger partial charge is 0.240 e. The number of nitrogens with zero attached hydrogens (tertiary/aromatic N) is 2. The van der Waals surface area contributed by atoms with Crippen LogP contribution in [-0.2, 0) is 6.18 Å². The van der Waals surface area contributed by atoms with Gasteiger partial charge in [0.1, 0.15) is 11.1 Å². The molecule has 6 heteroatoms. The Hall–Kier alpha value is -2.78.